The summed E-state index contributed by atoms with van der Waals surface area (Å²) < 4.78 is 11.2. The van der Waals surface area contributed by atoms with Crippen LogP contribution in [-0.2, 0) is 33.7 Å². The Morgan fingerprint density at radius 3 is 2.23 bits per heavy atom. The van der Waals surface area contributed by atoms with Gasteiger partial charge in [0.2, 0.25) is 11.8 Å². The number of amides is 2. The average Bonchev–Trinajstić information content (AvgIpc) is 3.04. The van der Waals surface area contributed by atoms with Gasteiger partial charge in [0.25, 0.3) is 0 Å². The van der Waals surface area contributed by atoms with Gasteiger partial charge in [-0.1, -0.05) is 42.5 Å². The fourth-order valence-electron chi connectivity index (χ4n) is 4.09. The lowest BCUT2D eigenvalue weighted by Crippen LogP contribution is -2.40. The molecule has 2 amide bonds. The Hall–Kier alpha value is -2.86. The van der Waals surface area contributed by atoms with E-state index >= 15 is 0 Å². The van der Waals surface area contributed by atoms with Gasteiger partial charge in [0.15, 0.2) is 0 Å². The molecule has 0 bridgehead atoms. The molecule has 2 aromatic rings. The Kier molecular flexibility index (Phi) is 7.20. The summed E-state index contributed by atoms with van der Waals surface area (Å²) in [7, 11) is 0. The third-order valence-corrected chi connectivity index (χ3v) is 5.92. The molecule has 0 aromatic heterocycles. The molecule has 6 heteroatoms. The van der Waals surface area contributed by atoms with Crippen LogP contribution in [0.25, 0.3) is 0 Å². The summed E-state index contributed by atoms with van der Waals surface area (Å²) in [6, 6.07) is 16.2. The van der Waals surface area contributed by atoms with E-state index in [0.717, 1.165) is 23.3 Å². The highest BCUT2D eigenvalue weighted by molar-refractivity contribution is 5.77. The van der Waals surface area contributed by atoms with Crippen LogP contribution in [0.4, 0.5) is 0 Å². The van der Waals surface area contributed by atoms with Gasteiger partial charge in [0.05, 0.1) is 19.8 Å². The fourth-order valence-corrected chi connectivity index (χ4v) is 4.09. The average molecular weight is 423 g/mol. The minimum atomic E-state index is 0.146. The quantitative estimate of drug-likeness (QED) is 0.718. The van der Waals surface area contributed by atoms with E-state index in [4.69, 9.17) is 9.47 Å². The van der Waals surface area contributed by atoms with Gasteiger partial charge in [-0.2, -0.15) is 0 Å². The van der Waals surface area contributed by atoms with Crippen LogP contribution < -0.4 is 4.74 Å². The molecule has 2 heterocycles. The lowest BCUT2D eigenvalue weighted by molar-refractivity contribution is -0.135. The second kappa shape index (κ2) is 10.4. The smallest absolute Gasteiger partial charge is 0.223 e. The van der Waals surface area contributed by atoms with E-state index in [1.165, 1.54) is 5.56 Å². The maximum absolute atomic E-state index is 12.8. The van der Waals surface area contributed by atoms with Crippen LogP contribution in [-0.4, -0.2) is 61.1 Å². The van der Waals surface area contributed by atoms with Crippen molar-refractivity contribution < 1.29 is 19.1 Å². The largest absolute Gasteiger partial charge is 0.491 e. The summed E-state index contributed by atoms with van der Waals surface area (Å²) in [5.74, 6) is 1.15. The highest BCUT2D eigenvalue weighted by Crippen LogP contribution is 2.25. The molecule has 31 heavy (non-hydrogen) atoms. The Labute approximate surface area is 183 Å². The van der Waals surface area contributed by atoms with Gasteiger partial charge in [-0.05, 0) is 30.0 Å². The molecule has 4 rings (SSSR count). The van der Waals surface area contributed by atoms with E-state index in [1.54, 1.807) is 0 Å². The monoisotopic (exact) mass is 422 g/mol. The summed E-state index contributed by atoms with van der Waals surface area (Å²) in [4.78, 5) is 29.0. The van der Waals surface area contributed by atoms with Crippen molar-refractivity contribution in [2.75, 3.05) is 39.5 Å². The number of carbonyl (C=O) groups is 2. The van der Waals surface area contributed by atoms with Crippen LogP contribution in [0, 0.1) is 0 Å². The molecule has 2 aliphatic rings. The fraction of sp³-hybridized carbons (Fsp3) is 0.440. The standard InChI is InChI=1S/C25H30N2O4/c28-24(26-12-15-30-16-13-26)11-8-21-6-9-23-22(18-21)19-27(14-17-31-23)25(29)10-7-20-4-2-1-3-5-20/h1-6,9,18H,7-8,10-17,19H2. The highest BCUT2D eigenvalue weighted by atomic mass is 16.5. The van der Waals surface area contributed by atoms with Crippen LogP contribution in [0.2, 0.25) is 0 Å². The maximum atomic E-state index is 12.8. The van der Waals surface area contributed by atoms with Gasteiger partial charge in [-0.15, -0.1) is 0 Å². The summed E-state index contributed by atoms with van der Waals surface area (Å²) >= 11 is 0. The molecule has 0 saturated carbocycles. The molecular formula is C25H30N2O4. The molecule has 0 N–H and O–H groups in total. The van der Waals surface area contributed by atoms with Crippen LogP contribution in [0.1, 0.15) is 29.5 Å². The zero-order valence-electron chi connectivity index (χ0n) is 17.9. The summed E-state index contributed by atoms with van der Waals surface area (Å²) in [6.45, 7) is 4.24. The van der Waals surface area contributed by atoms with Crippen LogP contribution in [0.5, 0.6) is 5.75 Å². The van der Waals surface area contributed by atoms with Crippen molar-refractivity contribution in [1.82, 2.24) is 9.80 Å². The molecule has 2 aliphatic heterocycles. The van der Waals surface area contributed by atoms with Crippen molar-refractivity contribution in [2.45, 2.75) is 32.2 Å². The second-order valence-electron chi connectivity index (χ2n) is 8.08. The number of nitrogens with zero attached hydrogens (tertiary/aromatic N) is 2. The first-order valence-electron chi connectivity index (χ1n) is 11.1. The number of hydrogen-bond donors (Lipinski definition) is 0. The highest BCUT2D eigenvalue weighted by Gasteiger charge is 2.21. The van der Waals surface area contributed by atoms with Crippen molar-refractivity contribution in [3.05, 3.63) is 65.2 Å². The van der Waals surface area contributed by atoms with Gasteiger partial charge < -0.3 is 19.3 Å². The van der Waals surface area contributed by atoms with Crippen molar-refractivity contribution >= 4 is 11.8 Å². The summed E-state index contributed by atoms with van der Waals surface area (Å²) in [5.41, 5.74) is 3.29. The Morgan fingerprint density at radius 2 is 1.45 bits per heavy atom. The van der Waals surface area contributed by atoms with Crippen molar-refractivity contribution in [1.29, 1.82) is 0 Å². The van der Waals surface area contributed by atoms with Crippen molar-refractivity contribution in [2.24, 2.45) is 0 Å². The van der Waals surface area contributed by atoms with Crippen molar-refractivity contribution in [3.63, 3.8) is 0 Å². The molecular weight excluding hydrogens is 392 g/mol. The predicted molar refractivity (Wildman–Crippen MR) is 118 cm³/mol. The molecule has 1 fully saturated rings. The SMILES string of the molecule is O=C(CCc1ccc2c(c1)CN(C(=O)CCc1ccccc1)CCO2)N1CCOCC1. The van der Waals surface area contributed by atoms with Crippen LogP contribution in [0.3, 0.4) is 0 Å². The topological polar surface area (TPSA) is 59.1 Å². The minimum absolute atomic E-state index is 0.146. The van der Waals surface area contributed by atoms with E-state index in [0.29, 0.717) is 65.3 Å². The second-order valence-corrected chi connectivity index (χ2v) is 8.08. The Balaban J connectivity index is 1.34. The van der Waals surface area contributed by atoms with E-state index in [2.05, 4.69) is 18.2 Å². The molecule has 0 atom stereocenters. The molecule has 2 aromatic carbocycles. The van der Waals surface area contributed by atoms with E-state index in [9.17, 15) is 9.59 Å². The number of morpholine rings is 1. The van der Waals surface area contributed by atoms with Crippen LogP contribution in [0.15, 0.2) is 48.5 Å². The van der Waals surface area contributed by atoms with Gasteiger partial charge in [-0.25, -0.2) is 0 Å². The van der Waals surface area contributed by atoms with Gasteiger partial charge in [0.1, 0.15) is 12.4 Å². The number of ether oxygens (including phenoxy) is 2. The lowest BCUT2D eigenvalue weighted by atomic mass is 10.0. The number of carbonyl (C=O) groups excluding carboxylic acids is 2. The van der Waals surface area contributed by atoms with E-state index in [-0.39, 0.29) is 11.8 Å². The molecule has 6 nitrogen and oxygen atoms in total. The van der Waals surface area contributed by atoms with E-state index in [1.807, 2.05) is 40.1 Å². The minimum Gasteiger partial charge on any atom is -0.491 e. The number of hydrogen-bond acceptors (Lipinski definition) is 4. The first kappa shape index (κ1) is 21.4. The third kappa shape index (κ3) is 5.85. The number of benzene rings is 2. The first-order valence-corrected chi connectivity index (χ1v) is 11.1. The normalized spacial score (nSPS) is 16.3. The molecule has 1 saturated heterocycles. The third-order valence-electron chi connectivity index (χ3n) is 5.92. The van der Waals surface area contributed by atoms with Gasteiger partial charge in [-0.3, -0.25) is 9.59 Å². The Morgan fingerprint density at radius 1 is 0.774 bits per heavy atom. The van der Waals surface area contributed by atoms with E-state index < -0.39 is 0 Å². The number of aryl methyl sites for hydroxylation is 2. The van der Waals surface area contributed by atoms with Crippen LogP contribution >= 0.6 is 0 Å². The van der Waals surface area contributed by atoms with Crippen molar-refractivity contribution in [3.8, 4) is 5.75 Å². The molecule has 0 radical (unpaired) electrons. The van der Waals surface area contributed by atoms with Gasteiger partial charge >= 0.3 is 0 Å². The predicted octanol–water partition coefficient (Wildman–Crippen LogP) is 2.83. The molecule has 0 unspecified atom stereocenters. The lowest BCUT2D eigenvalue weighted by Gasteiger charge is -2.26. The molecule has 164 valence electrons. The number of fused-ring (bicyclic) bond motifs is 1. The van der Waals surface area contributed by atoms with Gasteiger partial charge in [0, 0.05) is 38.0 Å². The molecule has 0 spiro atoms. The molecule has 0 aliphatic carbocycles. The Bertz CT molecular complexity index is 894. The zero-order chi connectivity index (χ0) is 21.5. The number of rotatable bonds is 6. The summed E-state index contributed by atoms with van der Waals surface area (Å²) in [5, 5.41) is 0. The summed E-state index contributed by atoms with van der Waals surface area (Å²) in [6.07, 6.45) is 2.41. The zero-order valence-corrected chi connectivity index (χ0v) is 17.9. The first-order chi connectivity index (χ1) is 15.2. The maximum Gasteiger partial charge on any atom is 0.223 e.